The monoisotopic (exact) mass is 286 g/mol. The molecule has 1 unspecified atom stereocenters. The van der Waals surface area contributed by atoms with Crippen LogP contribution in [0.1, 0.15) is 25.0 Å². The predicted molar refractivity (Wildman–Crippen MR) is 87.4 cm³/mol. The molecular formula is C18H26N2O. The first-order valence-electron chi connectivity index (χ1n) is 7.60. The zero-order valence-electron chi connectivity index (χ0n) is 13.3. The normalized spacial score (nSPS) is 14.3. The summed E-state index contributed by atoms with van der Waals surface area (Å²) in [5.41, 5.74) is 2.69. The lowest BCUT2D eigenvalue weighted by Crippen LogP contribution is -2.44. The summed E-state index contributed by atoms with van der Waals surface area (Å²) < 4.78 is 5.16. The van der Waals surface area contributed by atoms with Crippen molar-refractivity contribution in [2.45, 2.75) is 25.8 Å². The van der Waals surface area contributed by atoms with Gasteiger partial charge < -0.3 is 14.6 Å². The number of benzene rings is 1. The quantitative estimate of drug-likeness (QED) is 0.807. The first-order chi connectivity index (χ1) is 10.1. The molecule has 1 aromatic carbocycles. The van der Waals surface area contributed by atoms with Crippen molar-refractivity contribution in [2.75, 3.05) is 26.7 Å². The average Bonchev–Trinajstić information content (AvgIpc) is 2.99. The Morgan fingerprint density at radius 2 is 1.95 bits per heavy atom. The Bertz CT molecular complexity index is 509. The van der Waals surface area contributed by atoms with Gasteiger partial charge in [-0.15, -0.1) is 0 Å². The lowest BCUT2D eigenvalue weighted by molar-refractivity contribution is 0.243. The molecule has 3 nitrogen and oxygen atoms in total. The highest BCUT2D eigenvalue weighted by molar-refractivity contribution is 5.25. The molecule has 2 aromatic rings. The first kappa shape index (κ1) is 15.8. The van der Waals surface area contributed by atoms with Crippen LogP contribution in [0.4, 0.5) is 0 Å². The molecule has 114 valence electrons. The molecule has 0 amide bonds. The lowest BCUT2D eigenvalue weighted by atomic mass is 9.81. The zero-order chi connectivity index (χ0) is 15.1. The van der Waals surface area contributed by atoms with Gasteiger partial charge in [0, 0.05) is 30.6 Å². The van der Waals surface area contributed by atoms with Crippen molar-refractivity contribution in [3.05, 3.63) is 60.1 Å². The molecule has 21 heavy (non-hydrogen) atoms. The lowest BCUT2D eigenvalue weighted by Gasteiger charge is -2.34. The van der Waals surface area contributed by atoms with Gasteiger partial charge in [0.05, 0.1) is 12.5 Å². The van der Waals surface area contributed by atoms with Crippen molar-refractivity contribution in [2.24, 2.45) is 0 Å². The molecule has 0 aliphatic carbocycles. The predicted octanol–water partition coefficient (Wildman–Crippen LogP) is 3.28. The second-order valence-electron chi connectivity index (χ2n) is 6.01. The summed E-state index contributed by atoms with van der Waals surface area (Å²) in [6.45, 7) is 8.36. The van der Waals surface area contributed by atoms with Crippen LogP contribution < -0.4 is 5.32 Å². The van der Waals surface area contributed by atoms with Crippen LogP contribution in [0.25, 0.3) is 0 Å². The van der Waals surface area contributed by atoms with Crippen LogP contribution in [0.15, 0.2) is 53.3 Å². The first-order valence-corrected chi connectivity index (χ1v) is 7.60. The van der Waals surface area contributed by atoms with E-state index >= 15 is 0 Å². The maximum atomic E-state index is 5.16. The number of likely N-dealkylation sites (N-methyl/N-ethyl adjacent to an activating group) is 2. The second-order valence-corrected chi connectivity index (χ2v) is 6.01. The van der Waals surface area contributed by atoms with Gasteiger partial charge in [0.1, 0.15) is 0 Å². The molecule has 0 spiro atoms. The number of furan rings is 1. The van der Waals surface area contributed by atoms with Crippen molar-refractivity contribution in [3.8, 4) is 0 Å². The summed E-state index contributed by atoms with van der Waals surface area (Å²) in [4.78, 5) is 2.36. The van der Waals surface area contributed by atoms with Crippen LogP contribution in [0, 0.1) is 0 Å². The summed E-state index contributed by atoms with van der Waals surface area (Å²) in [5.74, 6) is 0. The van der Waals surface area contributed by atoms with E-state index in [1.54, 1.807) is 6.26 Å². The maximum Gasteiger partial charge on any atom is 0.0947 e. The fourth-order valence-electron chi connectivity index (χ4n) is 2.84. The summed E-state index contributed by atoms with van der Waals surface area (Å²) in [7, 11) is 2.17. The topological polar surface area (TPSA) is 28.4 Å². The molecule has 0 radical (unpaired) electrons. The molecule has 0 aliphatic rings. The molecule has 0 saturated heterocycles. The van der Waals surface area contributed by atoms with Crippen molar-refractivity contribution in [1.82, 2.24) is 10.2 Å². The van der Waals surface area contributed by atoms with Crippen LogP contribution in [0.5, 0.6) is 0 Å². The van der Waals surface area contributed by atoms with E-state index in [4.69, 9.17) is 4.42 Å². The van der Waals surface area contributed by atoms with Crippen LogP contribution in [0.2, 0.25) is 0 Å². The Morgan fingerprint density at radius 3 is 2.57 bits per heavy atom. The zero-order valence-corrected chi connectivity index (χ0v) is 13.3. The van der Waals surface area contributed by atoms with Gasteiger partial charge in [-0.3, -0.25) is 0 Å². The standard InChI is InChI=1S/C18H26N2O/c1-4-19-14-18(2,17-8-6-5-7-9-17)15-20(3)12-16-10-11-21-13-16/h5-11,13,19H,4,12,14-15H2,1-3H3. The highest BCUT2D eigenvalue weighted by Crippen LogP contribution is 2.24. The molecular weight excluding hydrogens is 260 g/mol. The molecule has 0 aliphatic heterocycles. The van der Waals surface area contributed by atoms with E-state index in [1.807, 2.05) is 12.3 Å². The third kappa shape index (κ3) is 4.45. The van der Waals surface area contributed by atoms with E-state index in [0.717, 1.165) is 26.2 Å². The molecule has 0 saturated carbocycles. The largest absolute Gasteiger partial charge is 0.472 e. The van der Waals surface area contributed by atoms with Crippen molar-refractivity contribution < 1.29 is 4.42 Å². The van der Waals surface area contributed by atoms with E-state index in [1.165, 1.54) is 11.1 Å². The van der Waals surface area contributed by atoms with E-state index in [9.17, 15) is 0 Å². The van der Waals surface area contributed by atoms with Crippen molar-refractivity contribution in [3.63, 3.8) is 0 Å². The van der Waals surface area contributed by atoms with E-state index < -0.39 is 0 Å². The Kier molecular flexibility index (Phi) is 5.59. The second kappa shape index (κ2) is 7.43. The molecule has 0 fully saturated rings. The number of rotatable bonds is 8. The van der Waals surface area contributed by atoms with Crippen LogP contribution >= 0.6 is 0 Å². The molecule has 1 atom stereocenters. The third-order valence-corrected chi connectivity index (χ3v) is 3.89. The summed E-state index contributed by atoms with van der Waals surface area (Å²) in [6.07, 6.45) is 3.55. The minimum absolute atomic E-state index is 0.0930. The number of hydrogen-bond acceptors (Lipinski definition) is 3. The Balaban J connectivity index is 2.08. The van der Waals surface area contributed by atoms with Gasteiger partial charge in [0.25, 0.3) is 0 Å². The van der Waals surface area contributed by atoms with Gasteiger partial charge in [-0.25, -0.2) is 0 Å². The Hall–Kier alpha value is -1.58. The fraction of sp³-hybridized carbons (Fsp3) is 0.444. The smallest absolute Gasteiger partial charge is 0.0947 e. The minimum atomic E-state index is 0.0930. The van der Waals surface area contributed by atoms with Crippen LogP contribution in [0.3, 0.4) is 0 Å². The van der Waals surface area contributed by atoms with E-state index in [0.29, 0.717) is 0 Å². The maximum absolute atomic E-state index is 5.16. The average molecular weight is 286 g/mol. The highest BCUT2D eigenvalue weighted by atomic mass is 16.3. The van der Waals surface area contributed by atoms with Gasteiger partial charge in [0.15, 0.2) is 0 Å². The van der Waals surface area contributed by atoms with Crippen molar-refractivity contribution >= 4 is 0 Å². The summed E-state index contributed by atoms with van der Waals surface area (Å²) in [5, 5.41) is 3.51. The van der Waals surface area contributed by atoms with E-state index in [2.05, 4.69) is 61.4 Å². The SMILES string of the molecule is CCNCC(C)(CN(C)Cc1ccoc1)c1ccccc1. The minimum Gasteiger partial charge on any atom is -0.472 e. The third-order valence-electron chi connectivity index (χ3n) is 3.89. The number of nitrogens with one attached hydrogen (secondary N) is 1. The molecule has 1 aromatic heterocycles. The molecule has 1 heterocycles. The summed E-state index contributed by atoms with van der Waals surface area (Å²) in [6, 6.07) is 12.8. The molecule has 0 bridgehead atoms. The van der Waals surface area contributed by atoms with Crippen LogP contribution in [-0.2, 0) is 12.0 Å². The van der Waals surface area contributed by atoms with Crippen molar-refractivity contribution in [1.29, 1.82) is 0 Å². The van der Waals surface area contributed by atoms with Gasteiger partial charge in [-0.1, -0.05) is 44.2 Å². The van der Waals surface area contributed by atoms with Gasteiger partial charge >= 0.3 is 0 Å². The Morgan fingerprint density at radius 1 is 1.19 bits per heavy atom. The summed E-state index contributed by atoms with van der Waals surface area (Å²) >= 11 is 0. The molecule has 1 N–H and O–H groups in total. The Labute approximate surface area is 128 Å². The number of hydrogen-bond donors (Lipinski definition) is 1. The van der Waals surface area contributed by atoms with Gasteiger partial charge in [0.2, 0.25) is 0 Å². The fourth-order valence-corrected chi connectivity index (χ4v) is 2.84. The molecule has 3 heteroatoms. The van der Waals surface area contributed by atoms with E-state index in [-0.39, 0.29) is 5.41 Å². The van der Waals surface area contributed by atoms with Crippen LogP contribution in [-0.4, -0.2) is 31.6 Å². The molecule has 2 rings (SSSR count). The van der Waals surface area contributed by atoms with Gasteiger partial charge in [-0.2, -0.15) is 0 Å². The number of nitrogens with zero attached hydrogens (tertiary/aromatic N) is 1. The van der Waals surface area contributed by atoms with Gasteiger partial charge in [-0.05, 0) is 25.2 Å². The highest BCUT2D eigenvalue weighted by Gasteiger charge is 2.27.